The van der Waals surface area contributed by atoms with Gasteiger partial charge in [-0.15, -0.1) is 0 Å². The van der Waals surface area contributed by atoms with Crippen LogP contribution in [0.2, 0.25) is 0 Å². The zero-order valence-electron chi connectivity index (χ0n) is 20.8. The number of benzene rings is 3. The molecule has 37 heavy (non-hydrogen) atoms. The molecule has 0 saturated carbocycles. The van der Waals surface area contributed by atoms with Gasteiger partial charge >= 0.3 is 12.1 Å². The van der Waals surface area contributed by atoms with Crippen LogP contribution >= 0.6 is 0 Å². The Morgan fingerprint density at radius 2 is 1.62 bits per heavy atom. The molecule has 5 rings (SSSR count). The summed E-state index contributed by atoms with van der Waals surface area (Å²) >= 11 is 0. The maximum Gasteiger partial charge on any atom is 0.407 e. The summed E-state index contributed by atoms with van der Waals surface area (Å²) in [4.78, 5) is 29.2. The number of H-pyrrole nitrogens is 1. The number of para-hydroxylation sites is 1. The van der Waals surface area contributed by atoms with Crippen LogP contribution in [0.4, 0.5) is 4.79 Å². The number of hydrogen-bond acceptors (Lipinski definition) is 5. The summed E-state index contributed by atoms with van der Waals surface area (Å²) < 4.78 is 10.7. The highest BCUT2D eigenvalue weighted by atomic mass is 16.5. The maximum atomic E-state index is 13.0. The molecule has 7 nitrogen and oxygen atoms in total. The number of carbonyl (C=O) groups is 2. The van der Waals surface area contributed by atoms with Crippen LogP contribution in [-0.4, -0.2) is 36.2 Å². The predicted molar refractivity (Wildman–Crippen MR) is 142 cm³/mol. The topological polar surface area (TPSA) is 92.5 Å². The molecule has 0 saturated heterocycles. The molecule has 7 heteroatoms. The number of carbonyl (C=O) groups excluding carboxylic acids is 2. The summed E-state index contributed by atoms with van der Waals surface area (Å²) in [5.41, 5.74) is 5.13. The molecule has 1 aromatic heterocycles. The molecule has 1 aliphatic heterocycles. The van der Waals surface area contributed by atoms with E-state index in [1.165, 1.54) is 12.7 Å². The van der Waals surface area contributed by atoms with E-state index in [0.29, 0.717) is 12.8 Å². The Balaban J connectivity index is 1.43. The molecule has 3 N–H and O–H groups in total. The van der Waals surface area contributed by atoms with E-state index in [2.05, 4.69) is 33.8 Å². The van der Waals surface area contributed by atoms with Gasteiger partial charge in [0.1, 0.15) is 12.6 Å². The van der Waals surface area contributed by atoms with E-state index in [1.54, 1.807) is 0 Å². The summed E-state index contributed by atoms with van der Waals surface area (Å²) in [6.45, 7) is 0.179. The number of ether oxygens (including phenoxy) is 2. The number of methoxy groups -OCH3 is 1. The van der Waals surface area contributed by atoms with Crippen molar-refractivity contribution in [2.45, 2.75) is 44.0 Å². The van der Waals surface area contributed by atoms with E-state index < -0.39 is 12.1 Å². The molecule has 2 heterocycles. The molecule has 1 aliphatic rings. The Morgan fingerprint density at radius 3 is 2.35 bits per heavy atom. The number of nitrogens with one attached hydrogen (secondary N) is 3. The van der Waals surface area contributed by atoms with Crippen molar-refractivity contribution in [3.63, 3.8) is 0 Å². The van der Waals surface area contributed by atoms with Gasteiger partial charge in [-0.2, -0.15) is 0 Å². The van der Waals surface area contributed by atoms with Gasteiger partial charge < -0.3 is 19.8 Å². The molecule has 3 atom stereocenters. The lowest BCUT2D eigenvalue weighted by molar-refractivity contribution is -0.143. The predicted octanol–water partition coefficient (Wildman–Crippen LogP) is 4.82. The van der Waals surface area contributed by atoms with E-state index in [0.717, 1.165) is 34.1 Å². The van der Waals surface area contributed by atoms with Gasteiger partial charge in [0.25, 0.3) is 0 Å². The smallest absolute Gasteiger partial charge is 0.407 e. The Kier molecular flexibility index (Phi) is 7.51. The number of esters is 1. The van der Waals surface area contributed by atoms with Gasteiger partial charge in [-0.3, -0.25) is 10.1 Å². The SMILES string of the molecule is COC(=O)[C@@H]1Cc2c([nH]c3ccccc23)[C@@H]([C@H](CCc2ccccc2)NC(=O)OCc2ccccc2)N1. The van der Waals surface area contributed by atoms with Crippen molar-refractivity contribution in [1.29, 1.82) is 0 Å². The summed E-state index contributed by atoms with van der Waals surface area (Å²) in [5.74, 6) is -0.325. The van der Waals surface area contributed by atoms with Crippen molar-refractivity contribution in [2.24, 2.45) is 0 Å². The van der Waals surface area contributed by atoms with Crippen LogP contribution in [0, 0.1) is 0 Å². The monoisotopic (exact) mass is 497 g/mol. The zero-order chi connectivity index (χ0) is 25.6. The number of amides is 1. The molecule has 0 spiro atoms. The van der Waals surface area contributed by atoms with E-state index in [4.69, 9.17) is 9.47 Å². The summed E-state index contributed by atoms with van der Waals surface area (Å²) in [6.07, 6.45) is 1.40. The number of aryl methyl sites for hydroxylation is 1. The van der Waals surface area contributed by atoms with Crippen molar-refractivity contribution in [3.8, 4) is 0 Å². The van der Waals surface area contributed by atoms with Crippen LogP contribution in [0.15, 0.2) is 84.9 Å². The molecule has 0 unspecified atom stereocenters. The van der Waals surface area contributed by atoms with E-state index >= 15 is 0 Å². The zero-order valence-corrected chi connectivity index (χ0v) is 20.8. The van der Waals surface area contributed by atoms with Crippen molar-refractivity contribution < 1.29 is 19.1 Å². The third-order valence-corrected chi connectivity index (χ3v) is 6.94. The first-order chi connectivity index (χ1) is 18.1. The lowest BCUT2D eigenvalue weighted by atomic mass is 9.88. The normalized spacial score (nSPS) is 17.5. The molecule has 0 aliphatic carbocycles. The fraction of sp³-hybridized carbons (Fsp3) is 0.267. The molecule has 190 valence electrons. The third kappa shape index (κ3) is 5.67. The fourth-order valence-corrected chi connectivity index (χ4v) is 5.09. The number of hydrogen-bond donors (Lipinski definition) is 3. The van der Waals surface area contributed by atoms with Crippen LogP contribution in [0.1, 0.15) is 34.8 Å². The molecule has 0 radical (unpaired) electrons. The van der Waals surface area contributed by atoms with Crippen molar-refractivity contribution in [2.75, 3.05) is 7.11 Å². The van der Waals surface area contributed by atoms with E-state index in [-0.39, 0.29) is 24.7 Å². The first kappa shape index (κ1) is 24.6. The largest absolute Gasteiger partial charge is 0.468 e. The van der Waals surface area contributed by atoms with Crippen LogP contribution < -0.4 is 10.6 Å². The van der Waals surface area contributed by atoms with Crippen molar-refractivity contribution >= 4 is 23.0 Å². The Hall–Kier alpha value is -4.10. The van der Waals surface area contributed by atoms with E-state index in [1.807, 2.05) is 66.7 Å². The number of rotatable bonds is 8. The highest BCUT2D eigenvalue weighted by molar-refractivity contribution is 5.87. The lowest BCUT2D eigenvalue weighted by Gasteiger charge is -2.35. The quantitative estimate of drug-likeness (QED) is 0.304. The van der Waals surface area contributed by atoms with Crippen molar-refractivity contribution in [3.05, 3.63) is 107 Å². The minimum absolute atomic E-state index is 0.179. The molecular weight excluding hydrogens is 466 g/mol. The van der Waals surface area contributed by atoms with Gasteiger partial charge in [0.2, 0.25) is 0 Å². The molecular formula is C30H31N3O4. The van der Waals surface area contributed by atoms with Gasteiger partial charge in [0, 0.05) is 23.0 Å². The average Bonchev–Trinajstić information content (AvgIpc) is 3.33. The number of aromatic nitrogens is 1. The molecule has 1 amide bonds. The highest BCUT2D eigenvalue weighted by Crippen LogP contribution is 2.34. The lowest BCUT2D eigenvalue weighted by Crippen LogP contribution is -2.53. The van der Waals surface area contributed by atoms with Gasteiger partial charge in [0.05, 0.1) is 19.2 Å². The molecule has 0 fully saturated rings. The summed E-state index contributed by atoms with van der Waals surface area (Å²) in [6, 6.07) is 26.6. The maximum absolute atomic E-state index is 13.0. The second-order valence-electron chi connectivity index (χ2n) is 9.32. The van der Waals surface area contributed by atoms with E-state index in [9.17, 15) is 9.59 Å². The van der Waals surface area contributed by atoms with Gasteiger partial charge in [-0.25, -0.2) is 4.79 Å². The Bertz CT molecular complexity index is 1350. The first-order valence-electron chi connectivity index (χ1n) is 12.6. The third-order valence-electron chi connectivity index (χ3n) is 6.94. The minimum atomic E-state index is -0.525. The van der Waals surface area contributed by atoms with Crippen LogP contribution in [0.25, 0.3) is 10.9 Å². The molecule has 4 aromatic rings. The minimum Gasteiger partial charge on any atom is -0.468 e. The van der Waals surface area contributed by atoms with Crippen LogP contribution in [-0.2, 0) is 33.7 Å². The fourth-order valence-electron chi connectivity index (χ4n) is 5.09. The molecule has 3 aromatic carbocycles. The Labute approximate surface area is 216 Å². The first-order valence-corrected chi connectivity index (χ1v) is 12.6. The Morgan fingerprint density at radius 1 is 0.946 bits per heavy atom. The van der Waals surface area contributed by atoms with Gasteiger partial charge in [-0.05, 0) is 35.6 Å². The number of fused-ring (bicyclic) bond motifs is 3. The average molecular weight is 498 g/mol. The second kappa shape index (κ2) is 11.3. The van der Waals surface area contributed by atoms with Gasteiger partial charge in [0.15, 0.2) is 0 Å². The van der Waals surface area contributed by atoms with Crippen molar-refractivity contribution in [1.82, 2.24) is 15.6 Å². The number of aromatic amines is 1. The van der Waals surface area contributed by atoms with Crippen LogP contribution in [0.5, 0.6) is 0 Å². The number of alkyl carbamates (subject to hydrolysis) is 1. The van der Waals surface area contributed by atoms with Crippen LogP contribution in [0.3, 0.4) is 0 Å². The standard InChI is InChI=1S/C30H31N3O4/c1-36-29(34)26-18-23-22-14-8-9-15-24(22)31-27(23)28(32-26)25(17-16-20-10-4-2-5-11-20)33-30(35)37-19-21-12-6-3-7-13-21/h2-15,25-26,28,31-32H,16-19H2,1H3,(H,33,35)/t25-,26-,28+/m0/s1. The summed E-state index contributed by atoms with van der Waals surface area (Å²) in [7, 11) is 1.40. The highest BCUT2D eigenvalue weighted by Gasteiger charge is 2.38. The summed E-state index contributed by atoms with van der Waals surface area (Å²) in [5, 5.41) is 7.63. The molecule has 0 bridgehead atoms. The second-order valence-corrected chi connectivity index (χ2v) is 9.32. The van der Waals surface area contributed by atoms with Gasteiger partial charge in [-0.1, -0.05) is 78.9 Å².